The summed E-state index contributed by atoms with van der Waals surface area (Å²) in [6.07, 6.45) is -4.40. The molecule has 0 saturated heterocycles. The Balaban J connectivity index is 2.35. The Hall–Kier alpha value is -1.68. The van der Waals surface area contributed by atoms with E-state index >= 15 is 0 Å². The van der Waals surface area contributed by atoms with Gasteiger partial charge in [0.25, 0.3) is 0 Å². The molecule has 1 aromatic carbocycles. The van der Waals surface area contributed by atoms with E-state index in [0.717, 1.165) is 17.3 Å². The van der Waals surface area contributed by atoms with Crippen molar-refractivity contribution in [3.8, 4) is 6.07 Å². The van der Waals surface area contributed by atoms with Crippen molar-refractivity contribution in [2.45, 2.75) is 11.9 Å². The number of carbonyl (C=O) groups is 1. The number of benzene rings is 1. The Kier molecular flexibility index (Phi) is 5.70. The summed E-state index contributed by atoms with van der Waals surface area (Å²) in [7, 11) is 0. The third-order valence-electron chi connectivity index (χ3n) is 2.11. The number of amides is 1. The Bertz CT molecular complexity index is 483. The maximum Gasteiger partial charge on any atom is 0.405 e. The number of nitrogens with zero attached hydrogens (tertiary/aromatic N) is 1. The van der Waals surface area contributed by atoms with E-state index in [0.29, 0.717) is 11.3 Å². The first kappa shape index (κ1) is 15.4. The fourth-order valence-electron chi connectivity index (χ4n) is 1.26. The molecular weight excluding hydrogens is 277 g/mol. The van der Waals surface area contributed by atoms with E-state index in [1.165, 1.54) is 0 Å². The Morgan fingerprint density at radius 1 is 1.37 bits per heavy atom. The summed E-state index contributed by atoms with van der Waals surface area (Å²) in [5.41, 5.74) is 1.27. The van der Waals surface area contributed by atoms with Crippen LogP contribution in [-0.4, -0.2) is 24.4 Å². The van der Waals surface area contributed by atoms with Crippen LogP contribution < -0.4 is 5.32 Å². The summed E-state index contributed by atoms with van der Waals surface area (Å²) in [4.78, 5) is 11.1. The van der Waals surface area contributed by atoms with Crippen LogP contribution in [-0.2, 0) is 10.5 Å². The highest BCUT2D eigenvalue weighted by atomic mass is 32.2. The molecule has 19 heavy (non-hydrogen) atoms. The van der Waals surface area contributed by atoms with Crippen molar-refractivity contribution in [1.29, 1.82) is 5.26 Å². The molecule has 1 amide bonds. The second-order valence-electron chi connectivity index (χ2n) is 3.65. The van der Waals surface area contributed by atoms with Gasteiger partial charge in [0, 0.05) is 5.75 Å². The van der Waals surface area contributed by atoms with Crippen LogP contribution in [0, 0.1) is 11.3 Å². The molecule has 0 aromatic heterocycles. The number of halogens is 3. The van der Waals surface area contributed by atoms with Gasteiger partial charge in [-0.3, -0.25) is 4.79 Å². The molecule has 0 aliphatic rings. The number of nitrogens with one attached hydrogen (secondary N) is 1. The third kappa shape index (κ3) is 6.15. The number of alkyl halides is 3. The van der Waals surface area contributed by atoms with E-state index in [-0.39, 0.29) is 5.75 Å². The van der Waals surface area contributed by atoms with Gasteiger partial charge in [0.05, 0.1) is 17.4 Å². The first-order chi connectivity index (χ1) is 8.92. The SMILES string of the molecule is N#Cc1ccccc1CSCC(=O)NCC(F)(F)F. The molecule has 1 N–H and O–H groups in total. The van der Waals surface area contributed by atoms with Crippen molar-refractivity contribution in [1.82, 2.24) is 5.32 Å². The summed E-state index contributed by atoms with van der Waals surface area (Å²) in [6.45, 7) is -1.32. The number of nitriles is 1. The fraction of sp³-hybridized carbons (Fsp3) is 0.333. The molecule has 0 radical (unpaired) electrons. The molecule has 102 valence electrons. The van der Waals surface area contributed by atoms with Gasteiger partial charge in [-0.25, -0.2) is 0 Å². The quantitative estimate of drug-likeness (QED) is 0.905. The highest BCUT2D eigenvalue weighted by Gasteiger charge is 2.27. The number of thioether (sulfide) groups is 1. The molecule has 0 saturated carbocycles. The van der Waals surface area contributed by atoms with Crippen molar-refractivity contribution in [2.24, 2.45) is 0 Å². The van der Waals surface area contributed by atoms with Gasteiger partial charge >= 0.3 is 6.18 Å². The lowest BCUT2D eigenvalue weighted by atomic mass is 10.1. The second-order valence-corrected chi connectivity index (χ2v) is 4.64. The van der Waals surface area contributed by atoms with Gasteiger partial charge in [0.2, 0.25) is 5.91 Å². The molecule has 0 aliphatic carbocycles. The normalized spacial score (nSPS) is 10.8. The first-order valence-corrected chi connectivity index (χ1v) is 6.47. The van der Waals surface area contributed by atoms with Gasteiger partial charge in [-0.1, -0.05) is 18.2 Å². The summed E-state index contributed by atoms with van der Waals surface area (Å²) >= 11 is 1.16. The summed E-state index contributed by atoms with van der Waals surface area (Å²) in [5, 5.41) is 10.6. The molecule has 7 heteroatoms. The largest absolute Gasteiger partial charge is 0.405 e. The molecule has 0 fully saturated rings. The zero-order valence-electron chi connectivity index (χ0n) is 9.83. The van der Waals surface area contributed by atoms with Gasteiger partial charge < -0.3 is 5.32 Å². The molecule has 1 aromatic rings. The van der Waals surface area contributed by atoms with E-state index in [4.69, 9.17) is 5.26 Å². The van der Waals surface area contributed by atoms with Gasteiger partial charge in [0.1, 0.15) is 6.54 Å². The molecular formula is C12H11F3N2OS. The summed E-state index contributed by atoms with van der Waals surface area (Å²) in [6, 6.07) is 8.91. The smallest absolute Gasteiger partial charge is 0.346 e. The van der Waals surface area contributed by atoms with Crippen molar-refractivity contribution < 1.29 is 18.0 Å². The van der Waals surface area contributed by atoms with Gasteiger partial charge in [0.15, 0.2) is 0 Å². The lowest BCUT2D eigenvalue weighted by Crippen LogP contribution is -2.34. The standard InChI is InChI=1S/C12H11F3N2OS/c13-12(14,15)8-17-11(18)7-19-6-10-4-2-1-3-9(10)5-16/h1-4H,6-8H2,(H,17,18). The van der Waals surface area contributed by atoms with Crippen molar-refractivity contribution in [2.75, 3.05) is 12.3 Å². The van der Waals surface area contributed by atoms with Crippen LogP contribution in [0.4, 0.5) is 13.2 Å². The summed E-state index contributed by atoms with van der Waals surface area (Å²) in [5.74, 6) is -0.337. The first-order valence-electron chi connectivity index (χ1n) is 5.31. The maximum absolute atomic E-state index is 11.8. The van der Waals surface area contributed by atoms with Crippen LogP contribution in [0.5, 0.6) is 0 Å². The zero-order valence-corrected chi connectivity index (χ0v) is 10.6. The molecule has 0 heterocycles. The molecule has 0 aliphatic heterocycles. The van der Waals surface area contributed by atoms with E-state index < -0.39 is 18.6 Å². The number of rotatable bonds is 5. The highest BCUT2D eigenvalue weighted by molar-refractivity contribution is 7.99. The monoisotopic (exact) mass is 288 g/mol. The highest BCUT2D eigenvalue weighted by Crippen LogP contribution is 2.16. The minimum Gasteiger partial charge on any atom is -0.346 e. The minimum absolute atomic E-state index is 0.0736. The molecule has 0 atom stereocenters. The maximum atomic E-state index is 11.8. The predicted octanol–water partition coefficient (Wildman–Crippen LogP) is 2.47. The zero-order chi connectivity index (χ0) is 14.3. The van der Waals surface area contributed by atoms with Crippen LogP contribution >= 0.6 is 11.8 Å². The van der Waals surface area contributed by atoms with Gasteiger partial charge in [-0.2, -0.15) is 18.4 Å². The lowest BCUT2D eigenvalue weighted by Gasteiger charge is -2.08. The third-order valence-corrected chi connectivity index (χ3v) is 3.10. The van der Waals surface area contributed by atoms with Crippen molar-refractivity contribution >= 4 is 17.7 Å². The predicted molar refractivity (Wildman–Crippen MR) is 66.4 cm³/mol. The molecule has 3 nitrogen and oxygen atoms in total. The fourth-order valence-corrected chi connectivity index (χ4v) is 2.12. The average molecular weight is 288 g/mol. The van der Waals surface area contributed by atoms with Crippen LogP contribution in [0.1, 0.15) is 11.1 Å². The average Bonchev–Trinajstić information content (AvgIpc) is 2.36. The van der Waals surface area contributed by atoms with Crippen LogP contribution in [0.15, 0.2) is 24.3 Å². The van der Waals surface area contributed by atoms with E-state index in [9.17, 15) is 18.0 Å². The topological polar surface area (TPSA) is 52.9 Å². The Labute approximate surface area is 112 Å². The molecule has 1 rings (SSSR count). The second kappa shape index (κ2) is 7.04. The molecule has 0 bridgehead atoms. The minimum atomic E-state index is -4.40. The Morgan fingerprint density at radius 3 is 2.68 bits per heavy atom. The van der Waals surface area contributed by atoms with Crippen molar-refractivity contribution in [3.05, 3.63) is 35.4 Å². The Morgan fingerprint density at radius 2 is 2.05 bits per heavy atom. The van der Waals surface area contributed by atoms with Gasteiger partial charge in [-0.05, 0) is 11.6 Å². The van der Waals surface area contributed by atoms with Crippen molar-refractivity contribution in [3.63, 3.8) is 0 Å². The van der Waals surface area contributed by atoms with E-state index in [2.05, 4.69) is 0 Å². The van der Waals surface area contributed by atoms with E-state index in [1.54, 1.807) is 29.6 Å². The molecule has 0 spiro atoms. The van der Waals surface area contributed by atoms with Gasteiger partial charge in [-0.15, -0.1) is 11.8 Å². The number of carbonyl (C=O) groups excluding carboxylic acids is 1. The van der Waals surface area contributed by atoms with Crippen LogP contribution in [0.2, 0.25) is 0 Å². The summed E-state index contributed by atoms with van der Waals surface area (Å²) < 4.78 is 35.5. The van der Waals surface area contributed by atoms with E-state index in [1.807, 2.05) is 6.07 Å². The lowest BCUT2D eigenvalue weighted by molar-refractivity contribution is -0.136. The van der Waals surface area contributed by atoms with Crippen LogP contribution in [0.3, 0.4) is 0 Å². The molecule has 0 unspecified atom stereocenters. The number of hydrogen-bond acceptors (Lipinski definition) is 3. The van der Waals surface area contributed by atoms with Crippen LogP contribution in [0.25, 0.3) is 0 Å². The number of hydrogen-bond donors (Lipinski definition) is 1.